The Hall–Kier alpha value is -3.09. The summed E-state index contributed by atoms with van der Waals surface area (Å²) in [7, 11) is 0. The summed E-state index contributed by atoms with van der Waals surface area (Å²) in [5.41, 5.74) is 5.53. The summed E-state index contributed by atoms with van der Waals surface area (Å²) in [6.45, 7) is 2.95. The quantitative estimate of drug-likeness (QED) is 0.509. The summed E-state index contributed by atoms with van der Waals surface area (Å²) in [5, 5.41) is 11.6. The number of hydrazone groups is 1. The number of para-hydroxylation sites is 2. The number of hydrogen-bond donors (Lipinski definition) is 3. The Morgan fingerprint density at radius 1 is 1.27 bits per heavy atom. The van der Waals surface area contributed by atoms with Gasteiger partial charge in [-0.2, -0.15) is 5.10 Å². The number of aromatic amines is 1. The van der Waals surface area contributed by atoms with Crippen molar-refractivity contribution in [3.8, 4) is 0 Å². The Labute approximate surface area is 126 Å². The Morgan fingerprint density at radius 2 is 2.00 bits per heavy atom. The molecule has 0 saturated carbocycles. The number of rotatable bonds is 3. The van der Waals surface area contributed by atoms with Crippen molar-refractivity contribution in [2.45, 2.75) is 13.8 Å². The molecule has 0 spiro atoms. The maximum atomic E-state index is 9.00. The van der Waals surface area contributed by atoms with Crippen LogP contribution in [0.25, 0.3) is 11.0 Å². The van der Waals surface area contributed by atoms with Gasteiger partial charge in [-0.1, -0.05) is 12.1 Å². The van der Waals surface area contributed by atoms with Gasteiger partial charge < -0.3 is 14.5 Å². The molecule has 0 atom stereocenters. The molecular formula is C15H16N4O3. The molecule has 0 aliphatic rings. The molecule has 0 unspecified atom stereocenters. The van der Waals surface area contributed by atoms with Crippen LogP contribution in [0.2, 0.25) is 0 Å². The van der Waals surface area contributed by atoms with Crippen molar-refractivity contribution in [2.75, 3.05) is 5.43 Å². The number of H-pyrrole nitrogens is 1. The molecule has 1 aromatic carbocycles. The van der Waals surface area contributed by atoms with E-state index in [1.165, 1.54) is 0 Å². The molecule has 0 saturated heterocycles. The molecule has 7 nitrogen and oxygen atoms in total. The zero-order chi connectivity index (χ0) is 15.9. The summed E-state index contributed by atoms with van der Waals surface area (Å²) in [6, 6.07) is 11.5. The number of nitrogens with one attached hydrogen (secondary N) is 2. The standard InChI is InChI=1S/C13H12N4O.C2H4O2/c1-9(12-7-4-8-18-12)16-17-13-14-10-5-2-3-6-11(10)15-13;1-2(3)4/h2-8H,1H3,(H2,14,15,17);1H3,(H,3,4). The number of carboxylic acids is 1. The first-order chi connectivity index (χ1) is 10.6. The molecule has 2 heterocycles. The normalized spacial score (nSPS) is 10.9. The summed E-state index contributed by atoms with van der Waals surface area (Å²) in [4.78, 5) is 16.5. The number of imidazole rings is 1. The van der Waals surface area contributed by atoms with Gasteiger partial charge in [-0.3, -0.25) is 4.79 Å². The fourth-order valence-corrected chi connectivity index (χ4v) is 1.68. The Balaban J connectivity index is 0.000000396. The third kappa shape index (κ3) is 4.20. The number of fused-ring (bicyclic) bond motifs is 1. The lowest BCUT2D eigenvalue weighted by Gasteiger charge is -1.96. The maximum Gasteiger partial charge on any atom is 0.300 e. The number of anilines is 1. The third-order valence-corrected chi connectivity index (χ3v) is 2.60. The number of hydrogen-bond acceptors (Lipinski definition) is 5. The highest BCUT2D eigenvalue weighted by Gasteiger charge is 2.02. The highest BCUT2D eigenvalue weighted by atomic mass is 16.4. The zero-order valence-electron chi connectivity index (χ0n) is 12.2. The highest BCUT2D eigenvalue weighted by Crippen LogP contribution is 2.13. The van der Waals surface area contributed by atoms with Crippen LogP contribution in [0.4, 0.5) is 5.95 Å². The molecule has 0 bridgehead atoms. The molecule has 114 valence electrons. The van der Waals surface area contributed by atoms with Crippen molar-refractivity contribution < 1.29 is 14.3 Å². The van der Waals surface area contributed by atoms with Gasteiger partial charge in [0, 0.05) is 6.92 Å². The van der Waals surface area contributed by atoms with Gasteiger partial charge in [-0.25, -0.2) is 10.4 Å². The molecular weight excluding hydrogens is 284 g/mol. The van der Waals surface area contributed by atoms with Crippen molar-refractivity contribution in [3.63, 3.8) is 0 Å². The summed E-state index contributed by atoms with van der Waals surface area (Å²) < 4.78 is 5.24. The van der Waals surface area contributed by atoms with Crippen LogP contribution in [0.3, 0.4) is 0 Å². The molecule has 0 radical (unpaired) electrons. The van der Waals surface area contributed by atoms with Crippen LogP contribution in [0.1, 0.15) is 19.6 Å². The van der Waals surface area contributed by atoms with Crippen molar-refractivity contribution in [1.82, 2.24) is 9.97 Å². The second kappa shape index (κ2) is 7.07. The smallest absolute Gasteiger partial charge is 0.300 e. The first kappa shape index (κ1) is 15.3. The van der Waals surface area contributed by atoms with E-state index in [-0.39, 0.29) is 0 Å². The molecule has 3 rings (SSSR count). The van der Waals surface area contributed by atoms with E-state index < -0.39 is 5.97 Å². The van der Waals surface area contributed by atoms with E-state index in [0.717, 1.165) is 29.4 Å². The van der Waals surface area contributed by atoms with Gasteiger partial charge in [0.1, 0.15) is 11.5 Å². The van der Waals surface area contributed by atoms with E-state index in [1.54, 1.807) is 6.26 Å². The Bertz CT molecular complexity index is 738. The molecule has 2 aromatic heterocycles. The topological polar surface area (TPSA) is 104 Å². The SMILES string of the molecule is CC(=NNc1nc2ccccc2[nH]1)c1ccco1.CC(=O)O. The van der Waals surface area contributed by atoms with Gasteiger partial charge >= 0.3 is 0 Å². The number of aromatic nitrogens is 2. The van der Waals surface area contributed by atoms with Gasteiger partial charge in [0.25, 0.3) is 5.97 Å². The second-order valence-electron chi connectivity index (χ2n) is 4.41. The Morgan fingerprint density at radius 3 is 2.64 bits per heavy atom. The number of carbonyl (C=O) groups is 1. The largest absolute Gasteiger partial charge is 0.481 e. The molecule has 0 amide bonds. The molecule has 3 aromatic rings. The molecule has 7 heteroatoms. The number of aliphatic carboxylic acids is 1. The lowest BCUT2D eigenvalue weighted by atomic mass is 10.3. The van der Waals surface area contributed by atoms with Crippen LogP contribution in [-0.2, 0) is 4.79 Å². The van der Waals surface area contributed by atoms with Crippen LogP contribution in [0.5, 0.6) is 0 Å². The molecule has 0 aliphatic carbocycles. The molecule has 0 fully saturated rings. The Kier molecular flexibility index (Phi) is 4.92. The predicted octanol–water partition coefficient (Wildman–Crippen LogP) is 3.08. The van der Waals surface area contributed by atoms with Gasteiger partial charge in [-0.05, 0) is 31.2 Å². The molecule has 0 aliphatic heterocycles. The molecule has 3 N–H and O–H groups in total. The van der Waals surface area contributed by atoms with E-state index in [9.17, 15) is 0 Å². The van der Waals surface area contributed by atoms with Crippen molar-refractivity contribution >= 4 is 28.7 Å². The van der Waals surface area contributed by atoms with E-state index in [0.29, 0.717) is 5.95 Å². The second-order valence-corrected chi connectivity index (χ2v) is 4.41. The van der Waals surface area contributed by atoms with Crippen LogP contribution < -0.4 is 5.43 Å². The van der Waals surface area contributed by atoms with E-state index in [2.05, 4.69) is 20.5 Å². The van der Waals surface area contributed by atoms with Crippen LogP contribution in [0.15, 0.2) is 52.2 Å². The van der Waals surface area contributed by atoms with Crippen molar-refractivity contribution in [3.05, 3.63) is 48.4 Å². The van der Waals surface area contributed by atoms with Crippen LogP contribution in [-0.4, -0.2) is 26.8 Å². The van der Waals surface area contributed by atoms with Crippen molar-refractivity contribution in [2.24, 2.45) is 5.10 Å². The van der Waals surface area contributed by atoms with E-state index in [4.69, 9.17) is 14.3 Å². The van der Waals surface area contributed by atoms with Gasteiger partial charge in [0.2, 0.25) is 5.95 Å². The fourth-order valence-electron chi connectivity index (χ4n) is 1.68. The minimum atomic E-state index is -0.833. The van der Waals surface area contributed by atoms with Crippen molar-refractivity contribution in [1.29, 1.82) is 0 Å². The monoisotopic (exact) mass is 300 g/mol. The summed E-state index contributed by atoms with van der Waals surface area (Å²) in [6.07, 6.45) is 1.62. The third-order valence-electron chi connectivity index (χ3n) is 2.60. The number of furan rings is 1. The predicted molar refractivity (Wildman–Crippen MR) is 83.9 cm³/mol. The maximum absolute atomic E-state index is 9.00. The lowest BCUT2D eigenvalue weighted by Crippen LogP contribution is -1.99. The lowest BCUT2D eigenvalue weighted by molar-refractivity contribution is -0.134. The highest BCUT2D eigenvalue weighted by molar-refractivity contribution is 5.96. The van der Waals surface area contributed by atoms with Crippen LogP contribution in [0, 0.1) is 0 Å². The first-order valence-electron chi connectivity index (χ1n) is 6.54. The molecule has 22 heavy (non-hydrogen) atoms. The minimum absolute atomic E-state index is 0.613. The minimum Gasteiger partial charge on any atom is -0.481 e. The first-order valence-corrected chi connectivity index (χ1v) is 6.54. The van der Waals surface area contributed by atoms with Gasteiger partial charge in [-0.15, -0.1) is 0 Å². The zero-order valence-corrected chi connectivity index (χ0v) is 12.2. The summed E-state index contributed by atoms with van der Waals surface area (Å²) in [5.74, 6) is 0.515. The van der Waals surface area contributed by atoms with Gasteiger partial charge in [0.05, 0.1) is 17.3 Å². The van der Waals surface area contributed by atoms with E-state index >= 15 is 0 Å². The number of nitrogens with zero attached hydrogens (tertiary/aromatic N) is 2. The average Bonchev–Trinajstić information content (AvgIpc) is 3.13. The van der Waals surface area contributed by atoms with E-state index in [1.807, 2.05) is 43.3 Å². The number of carboxylic acid groups (broad SMARTS) is 1. The fraction of sp³-hybridized carbons (Fsp3) is 0.133. The van der Waals surface area contributed by atoms with Crippen LogP contribution >= 0.6 is 0 Å². The average molecular weight is 300 g/mol. The van der Waals surface area contributed by atoms with Gasteiger partial charge in [0.15, 0.2) is 0 Å². The number of benzene rings is 1. The summed E-state index contributed by atoms with van der Waals surface area (Å²) >= 11 is 0.